The van der Waals surface area contributed by atoms with Crippen LogP contribution >= 0.6 is 0 Å². The molecule has 0 N–H and O–H groups in total. The summed E-state index contributed by atoms with van der Waals surface area (Å²) < 4.78 is 0. The molecule has 0 rings (SSSR count). The molecule has 0 aliphatic carbocycles. The Morgan fingerprint density at radius 1 is 1.86 bits per heavy atom. The Morgan fingerprint density at radius 2 is 2.29 bits per heavy atom. The van der Waals surface area contributed by atoms with Crippen molar-refractivity contribution in [2.24, 2.45) is 0 Å². The number of ketones is 1. The molecule has 0 saturated carbocycles. The fourth-order valence-corrected chi connectivity index (χ4v) is 0.114. The van der Waals surface area contributed by atoms with Crippen LogP contribution in [0.25, 0.3) is 0 Å². The molecular formula is C5H5OZr-. The normalized spacial score (nSPS) is 5.57. The zero-order valence-corrected chi connectivity index (χ0v) is 6.36. The topological polar surface area (TPSA) is 17.1 Å². The average Bonchev–Trinajstić information content (AvgIpc) is 1.35. The fourth-order valence-electron chi connectivity index (χ4n) is 0.114. The second kappa shape index (κ2) is 5.98. The molecule has 1 nitrogen and oxygen atoms in total. The maximum atomic E-state index is 9.79. The van der Waals surface area contributed by atoms with Crippen molar-refractivity contribution in [3.05, 3.63) is 6.92 Å². The Kier molecular flexibility index (Phi) is 8.60. The first-order valence-corrected chi connectivity index (χ1v) is 1.55. The summed E-state index contributed by atoms with van der Waals surface area (Å²) in [6.45, 7) is 3.05. The molecule has 0 aromatic heterocycles. The number of rotatable bonds is 1. The summed E-state index contributed by atoms with van der Waals surface area (Å²) in [7, 11) is 0. The summed E-state index contributed by atoms with van der Waals surface area (Å²) in [5.74, 6) is 1.96. The molecule has 0 unspecified atom stereocenters. The summed E-state index contributed by atoms with van der Waals surface area (Å²) in [6.07, 6.45) is 4.87. The van der Waals surface area contributed by atoms with Gasteiger partial charge in [0.25, 0.3) is 0 Å². The number of carbonyl (C=O) groups is 1. The van der Waals surface area contributed by atoms with E-state index in [0.29, 0.717) is 0 Å². The third-order valence-electron chi connectivity index (χ3n) is 0.299. The third kappa shape index (κ3) is 10.7. The van der Waals surface area contributed by atoms with Gasteiger partial charge in [-0.1, -0.05) is 0 Å². The minimum Gasteiger partial charge on any atom is -0.338 e. The van der Waals surface area contributed by atoms with Crippen molar-refractivity contribution < 1.29 is 31.0 Å². The van der Waals surface area contributed by atoms with Crippen molar-refractivity contribution in [3.63, 3.8) is 0 Å². The van der Waals surface area contributed by atoms with E-state index in [1.807, 2.05) is 0 Å². The van der Waals surface area contributed by atoms with E-state index in [4.69, 9.17) is 6.42 Å². The molecule has 0 aliphatic rings. The van der Waals surface area contributed by atoms with Crippen LogP contribution in [0.3, 0.4) is 0 Å². The average molecular weight is 172 g/mol. The third-order valence-corrected chi connectivity index (χ3v) is 0.299. The van der Waals surface area contributed by atoms with E-state index in [1.165, 1.54) is 0 Å². The number of carbonyl (C=O) groups excluding carboxylic acids is 1. The molecule has 36 valence electrons. The Labute approximate surface area is 62.6 Å². The minimum absolute atomic E-state index is 0. The van der Waals surface area contributed by atoms with Crippen molar-refractivity contribution in [1.29, 1.82) is 0 Å². The first-order valence-electron chi connectivity index (χ1n) is 1.55. The van der Waals surface area contributed by atoms with E-state index in [9.17, 15) is 4.79 Å². The molecule has 0 aliphatic heterocycles. The van der Waals surface area contributed by atoms with Gasteiger partial charge in [0.1, 0.15) is 0 Å². The van der Waals surface area contributed by atoms with Crippen molar-refractivity contribution in [1.82, 2.24) is 0 Å². The van der Waals surface area contributed by atoms with Gasteiger partial charge in [0.15, 0.2) is 0 Å². The second-order valence-electron chi connectivity index (χ2n) is 0.920. The van der Waals surface area contributed by atoms with Crippen LogP contribution in [0.4, 0.5) is 0 Å². The first kappa shape index (κ1) is 10.1. The van der Waals surface area contributed by atoms with Crippen LogP contribution in [0, 0.1) is 19.3 Å². The van der Waals surface area contributed by atoms with Crippen LogP contribution in [0.5, 0.6) is 0 Å². The van der Waals surface area contributed by atoms with Crippen molar-refractivity contribution in [2.45, 2.75) is 6.42 Å². The van der Waals surface area contributed by atoms with Gasteiger partial charge in [-0.2, -0.15) is 0 Å². The number of hydrogen-bond donors (Lipinski definition) is 0. The van der Waals surface area contributed by atoms with Crippen LogP contribution in [0.1, 0.15) is 6.42 Å². The minimum atomic E-state index is -0.197. The summed E-state index contributed by atoms with van der Waals surface area (Å²) in [5.41, 5.74) is 0. The van der Waals surface area contributed by atoms with Gasteiger partial charge in [-0.15, -0.1) is 12.3 Å². The second-order valence-corrected chi connectivity index (χ2v) is 0.920. The molecule has 0 radical (unpaired) electrons. The van der Waals surface area contributed by atoms with E-state index in [2.05, 4.69) is 12.8 Å². The first-order chi connectivity index (χ1) is 2.77. The van der Waals surface area contributed by atoms with Crippen LogP contribution in [0.2, 0.25) is 0 Å². The monoisotopic (exact) mass is 171 g/mol. The van der Waals surface area contributed by atoms with E-state index >= 15 is 0 Å². The molecule has 0 spiro atoms. The fraction of sp³-hybridized carbons (Fsp3) is 0.200. The van der Waals surface area contributed by atoms with E-state index in [1.54, 1.807) is 0 Å². The molecular weight excluding hydrogens is 167 g/mol. The van der Waals surface area contributed by atoms with Crippen molar-refractivity contribution >= 4 is 5.78 Å². The molecule has 0 bridgehead atoms. The van der Waals surface area contributed by atoms with Gasteiger partial charge in [0.2, 0.25) is 0 Å². The van der Waals surface area contributed by atoms with Crippen molar-refractivity contribution in [3.8, 4) is 12.3 Å². The van der Waals surface area contributed by atoms with E-state index in [0.717, 1.165) is 0 Å². The predicted octanol–water partition coefficient (Wildman–Crippen LogP) is 0.410. The van der Waals surface area contributed by atoms with E-state index < -0.39 is 0 Å². The van der Waals surface area contributed by atoms with Gasteiger partial charge in [-0.25, -0.2) is 0 Å². The Morgan fingerprint density at radius 3 is 2.29 bits per heavy atom. The summed E-state index contributed by atoms with van der Waals surface area (Å²) >= 11 is 0. The molecule has 0 fully saturated rings. The molecule has 0 amide bonds. The van der Waals surface area contributed by atoms with Crippen molar-refractivity contribution in [2.75, 3.05) is 0 Å². The zero-order chi connectivity index (χ0) is 4.99. The van der Waals surface area contributed by atoms with Crippen LogP contribution in [-0.2, 0) is 31.0 Å². The SMILES string of the molecule is C#CCC([CH2-])=O.[Zr]. The number of Topliss-reactive ketones (excluding diaryl/α,β-unsaturated/α-hetero) is 1. The molecule has 0 atom stereocenters. The van der Waals surface area contributed by atoms with Gasteiger partial charge in [-0.3, -0.25) is 0 Å². The quantitative estimate of drug-likeness (QED) is 0.413. The van der Waals surface area contributed by atoms with Crippen LogP contribution < -0.4 is 0 Å². The predicted molar refractivity (Wildman–Crippen MR) is 23.8 cm³/mol. The maximum absolute atomic E-state index is 9.79. The standard InChI is InChI=1S/C5H5O.Zr/c1-3-4-5(2)6;/h1H,2,4H2;/q-1;. The molecule has 0 heterocycles. The Balaban J connectivity index is 0. The zero-order valence-electron chi connectivity index (χ0n) is 3.90. The molecule has 0 aromatic rings. The Bertz CT molecular complexity index is 90.7. The van der Waals surface area contributed by atoms with Gasteiger partial charge in [-0.05, 0) is 0 Å². The largest absolute Gasteiger partial charge is 0.338 e. The maximum Gasteiger partial charge on any atom is 0.0385 e. The molecule has 0 aromatic carbocycles. The summed E-state index contributed by atoms with van der Waals surface area (Å²) in [5, 5.41) is 0. The molecule has 2 heteroatoms. The smallest absolute Gasteiger partial charge is 0.0385 e. The van der Waals surface area contributed by atoms with Gasteiger partial charge >= 0.3 is 0 Å². The number of terminal acetylenes is 1. The van der Waals surface area contributed by atoms with Crippen LogP contribution in [-0.4, -0.2) is 5.78 Å². The molecule has 0 saturated heterocycles. The number of hydrogen-bond acceptors (Lipinski definition) is 1. The molecule has 7 heavy (non-hydrogen) atoms. The van der Waals surface area contributed by atoms with Crippen LogP contribution in [0.15, 0.2) is 0 Å². The summed E-state index contributed by atoms with van der Waals surface area (Å²) in [6, 6.07) is 0. The van der Waals surface area contributed by atoms with Gasteiger partial charge in [0, 0.05) is 38.4 Å². The Hall–Kier alpha value is -0.0169. The van der Waals surface area contributed by atoms with Gasteiger partial charge < -0.3 is 11.7 Å². The van der Waals surface area contributed by atoms with Gasteiger partial charge in [0.05, 0.1) is 0 Å². The van der Waals surface area contributed by atoms with E-state index in [-0.39, 0.29) is 38.4 Å². The summed E-state index contributed by atoms with van der Waals surface area (Å²) in [4.78, 5) is 9.79.